The zero-order chi connectivity index (χ0) is 17.4. The summed E-state index contributed by atoms with van der Waals surface area (Å²) in [7, 11) is 0. The van der Waals surface area contributed by atoms with E-state index in [0.717, 1.165) is 17.1 Å². The summed E-state index contributed by atoms with van der Waals surface area (Å²) in [6.07, 6.45) is 3.50. The molecule has 3 heterocycles. The Labute approximate surface area is 152 Å². The first-order chi connectivity index (χ1) is 12.1. The summed E-state index contributed by atoms with van der Waals surface area (Å²) in [4.78, 5) is 6.66. The van der Waals surface area contributed by atoms with Crippen molar-refractivity contribution in [3.63, 3.8) is 0 Å². The van der Waals surface area contributed by atoms with Crippen LogP contribution in [-0.2, 0) is 0 Å². The number of thiocarbonyl (C=S) groups is 1. The van der Waals surface area contributed by atoms with Crippen LogP contribution in [-0.4, -0.2) is 10.1 Å². The molecule has 0 unspecified atom stereocenters. The van der Waals surface area contributed by atoms with E-state index in [4.69, 9.17) is 16.6 Å². The van der Waals surface area contributed by atoms with Gasteiger partial charge in [0.25, 0.3) is 0 Å². The molecule has 4 rings (SSSR count). The second kappa shape index (κ2) is 6.33. The van der Waals surface area contributed by atoms with Crippen LogP contribution >= 0.6 is 12.2 Å². The van der Waals surface area contributed by atoms with Crippen molar-refractivity contribution in [1.29, 1.82) is 0 Å². The summed E-state index contributed by atoms with van der Waals surface area (Å²) < 4.78 is 5.76. The van der Waals surface area contributed by atoms with E-state index in [1.807, 2.05) is 30.3 Å². The van der Waals surface area contributed by atoms with E-state index in [1.54, 1.807) is 12.5 Å². The van der Waals surface area contributed by atoms with Crippen LogP contribution in [0.15, 0.2) is 65.4 Å². The second-order valence-electron chi connectivity index (χ2n) is 6.36. The quantitative estimate of drug-likeness (QED) is 0.707. The molecule has 0 saturated carbocycles. The Kier molecular flexibility index (Phi) is 4.01. The minimum absolute atomic E-state index is 0.0688. The minimum atomic E-state index is -0.0846. The Morgan fingerprint density at radius 2 is 1.88 bits per heavy atom. The average Bonchev–Trinajstić information content (AvgIpc) is 3.22. The Morgan fingerprint density at radius 1 is 1.08 bits per heavy atom. The highest BCUT2D eigenvalue weighted by Gasteiger charge is 2.42. The van der Waals surface area contributed by atoms with Crippen molar-refractivity contribution in [2.45, 2.75) is 25.9 Å². The molecule has 3 aromatic rings. The van der Waals surface area contributed by atoms with Gasteiger partial charge in [0.15, 0.2) is 5.11 Å². The number of furan rings is 1. The smallest absolute Gasteiger partial charge is 0.174 e. The predicted molar refractivity (Wildman–Crippen MR) is 103 cm³/mol. The van der Waals surface area contributed by atoms with Crippen LogP contribution < -0.4 is 10.2 Å². The van der Waals surface area contributed by atoms with Gasteiger partial charge in [-0.2, -0.15) is 0 Å². The zero-order valence-electron chi connectivity index (χ0n) is 14.1. The van der Waals surface area contributed by atoms with Crippen molar-refractivity contribution in [3.05, 3.63) is 83.6 Å². The summed E-state index contributed by atoms with van der Waals surface area (Å²) in [6, 6.07) is 16.1. The van der Waals surface area contributed by atoms with E-state index >= 15 is 0 Å². The fraction of sp³-hybridized carbons (Fsp3) is 0.200. The van der Waals surface area contributed by atoms with Crippen LogP contribution in [0.4, 0.5) is 5.69 Å². The van der Waals surface area contributed by atoms with Gasteiger partial charge in [0.1, 0.15) is 11.8 Å². The maximum atomic E-state index is 5.76. The molecule has 0 amide bonds. The lowest BCUT2D eigenvalue weighted by Crippen LogP contribution is -2.29. The number of pyridine rings is 1. The normalized spacial score (nSPS) is 19.9. The molecule has 4 nitrogen and oxygen atoms in total. The summed E-state index contributed by atoms with van der Waals surface area (Å²) >= 11 is 5.68. The molecule has 25 heavy (non-hydrogen) atoms. The summed E-state index contributed by atoms with van der Waals surface area (Å²) in [6.45, 7) is 4.20. The van der Waals surface area contributed by atoms with Gasteiger partial charge in [-0.3, -0.25) is 4.98 Å². The van der Waals surface area contributed by atoms with Gasteiger partial charge < -0.3 is 14.6 Å². The highest BCUT2D eigenvalue weighted by Crippen LogP contribution is 2.41. The molecule has 1 fully saturated rings. The van der Waals surface area contributed by atoms with Crippen LogP contribution in [0.5, 0.6) is 0 Å². The Morgan fingerprint density at radius 3 is 2.52 bits per heavy atom. The maximum absolute atomic E-state index is 5.76. The number of rotatable bonds is 3. The predicted octanol–water partition coefficient (Wildman–Crippen LogP) is 4.47. The molecule has 0 aliphatic carbocycles. The van der Waals surface area contributed by atoms with Gasteiger partial charge >= 0.3 is 0 Å². The first-order valence-corrected chi connectivity index (χ1v) is 8.66. The number of hydrogen-bond donors (Lipinski definition) is 1. The van der Waals surface area contributed by atoms with E-state index in [1.165, 1.54) is 11.1 Å². The minimum Gasteiger partial charge on any atom is -0.467 e. The van der Waals surface area contributed by atoms with Crippen molar-refractivity contribution in [3.8, 4) is 0 Å². The van der Waals surface area contributed by atoms with Gasteiger partial charge in [-0.1, -0.05) is 12.1 Å². The van der Waals surface area contributed by atoms with Crippen molar-refractivity contribution in [2.24, 2.45) is 0 Å². The number of benzene rings is 1. The standard InChI is InChI=1S/C20H19N3OS/c1-13-10-14(2)12-15(11-13)23-19(17-7-5-9-24-17)18(22-20(23)25)16-6-3-4-8-21-16/h3-12,18-19H,1-2H3,(H,22,25)/t18-,19-/m1/s1. The van der Waals surface area contributed by atoms with Crippen molar-refractivity contribution in [2.75, 3.05) is 4.90 Å². The molecular weight excluding hydrogens is 330 g/mol. The number of hydrogen-bond acceptors (Lipinski definition) is 3. The van der Waals surface area contributed by atoms with E-state index < -0.39 is 0 Å². The molecule has 1 aliphatic heterocycles. The molecule has 1 aromatic carbocycles. The van der Waals surface area contributed by atoms with Crippen LogP contribution in [0, 0.1) is 13.8 Å². The summed E-state index contributed by atoms with van der Waals surface area (Å²) in [5.74, 6) is 0.863. The van der Waals surface area contributed by atoms with Crippen LogP contribution in [0.25, 0.3) is 0 Å². The third-order valence-corrected chi connectivity index (χ3v) is 4.73. The molecule has 0 spiro atoms. The number of aromatic nitrogens is 1. The number of nitrogens with zero attached hydrogens (tertiary/aromatic N) is 2. The molecule has 5 heteroatoms. The third-order valence-electron chi connectivity index (χ3n) is 4.42. The first kappa shape index (κ1) is 15.8. The molecule has 1 N–H and O–H groups in total. The summed E-state index contributed by atoms with van der Waals surface area (Å²) in [5, 5.41) is 4.11. The molecular formula is C20H19N3OS. The molecule has 2 atom stereocenters. The molecule has 1 saturated heterocycles. The number of aryl methyl sites for hydroxylation is 2. The number of anilines is 1. The lowest BCUT2D eigenvalue weighted by atomic mass is 10.0. The van der Waals surface area contributed by atoms with Gasteiger partial charge in [0.05, 0.1) is 18.0 Å². The van der Waals surface area contributed by atoms with Gasteiger partial charge in [-0.25, -0.2) is 0 Å². The Bertz CT molecular complexity index is 872. The molecule has 126 valence electrons. The van der Waals surface area contributed by atoms with Crippen LogP contribution in [0.1, 0.15) is 34.7 Å². The van der Waals surface area contributed by atoms with E-state index in [-0.39, 0.29) is 12.1 Å². The van der Waals surface area contributed by atoms with E-state index in [2.05, 4.69) is 47.2 Å². The van der Waals surface area contributed by atoms with Gasteiger partial charge in [-0.15, -0.1) is 0 Å². The van der Waals surface area contributed by atoms with Crippen LogP contribution in [0.3, 0.4) is 0 Å². The highest BCUT2D eigenvalue weighted by molar-refractivity contribution is 7.80. The van der Waals surface area contributed by atoms with E-state index in [0.29, 0.717) is 5.11 Å². The monoisotopic (exact) mass is 349 g/mol. The molecule has 2 aromatic heterocycles. The Hall–Kier alpha value is -2.66. The fourth-order valence-electron chi connectivity index (χ4n) is 3.47. The lowest BCUT2D eigenvalue weighted by molar-refractivity contribution is 0.432. The van der Waals surface area contributed by atoms with Crippen molar-refractivity contribution in [1.82, 2.24) is 10.3 Å². The van der Waals surface area contributed by atoms with Crippen molar-refractivity contribution < 1.29 is 4.42 Å². The maximum Gasteiger partial charge on any atom is 0.174 e. The number of nitrogens with one attached hydrogen (secondary N) is 1. The highest BCUT2D eigenvalue weighted by atomic mass is 32.1. The fourth-order valence-corrected chi connectivity index (χ4v) is 3.82. The van der Waals surface area contributed by atoms with E-state index in [9.17, 15) is 0 Å². The van der Waals surface area contributed by atoms with Gasteiger partial charge in [-0.05, 0) is 73.6 Å². The lowest BCUT2D eigenvalue weighted by Gasteiger charge is -2.26. The van der Waals surface area contributed by atoms with Gasteiger partial charge in [0, 0.05) is 11.9 Å². The first-order valence-electron chi connectivity index (χ1n) is 8.26. The topological polar surface area (TPSA) is 41.3 Å². The van der Waals surface area contributed by atoms with Crippen molar-refractivity contribution >= 4 is 23.0 Å². The molecule has 0 bridgehead atoms. The SMILES string of the molecule is Cc1cc(C)cc(N2C(=S)N[C@H](c3ccccn3)[C@H]2c2ccco2)c1. The van der Waals surface area contributed by atoms with Gasteiger partial charge in [0.2, 0.25) is 0 Å². The zero-order valence-corrected chi connectivity index (χ0v) is 15.0. The molecule has 0 radical (unpaired) electrons. The van der Waals surface area contributed by atoms with Crippen LogP contribution in [0.2, 0.25) is 0 Å². The average molecular weight is 349 g/mol. The Balaban J connectivity index is 1.83. The second-order valence-corrected chi connectivity index (χ2v) is 6.74. The largest absolute Gasteiger partial charge is 0.467 e. The molecule has 1 aliphatic rings. The summed E-state index contributed by atoms with van der Waals surface area (Å²) in [5.41, 5.74) is 4.42. The third kappa shape index (κ3) is 2.91.